The van der Waals surface area contributed by atoms with Crippen molar-refractivity contribution >= 4 is 0 Å². The first kappa shape index (κ1) is 48.1. The van der Waals surface area contributed by atoms with E-state index in [2.05, 4.69) is 82.2 Å². The van der Waals surface area contributed by atoms with Crippen LogP contribution >= 0.6 is 0 Å². The molecule has 4 fully saturated rings. The van der Waals surface area contributed by atoms with Crippen LogP contribution in [0.25, 0.3) is 0 Å². The van der Waals surface area contributed by atoms with E-state index in [0.29, 0.717) is 16.2 Å². The standard InChI is InChI=1S/C52H100N4/c1-10-12-13-14-15-16-17-18-19-22-41-56(42-24-23-38-55(9)40-26-39-54(8)11-2)43-25-37-53-45(4)28-27-44(3)47-29-30-48-46-31-35-50(5)33-20-21-34-52(50,7)49(46)32-36-51(47,48)6/h44,46-49,53H,4,10-43H2,1-3,5-9H3/t44-,46?,47?,48?,49?,50?,51?,52?/m1/s1. The highest BCUT2D eigenvalue weighted by Gasteiger charge is 2.62. The molecule has 0 aromatic carbocycles. The lowest BCUT2D eigenvalue weighted by molar-refractivity contribution is -0.154. The van der Waals surface area contributed by atoms with Gasteiger partial charge in [0.15, 0.2) is 0 Å². The fraction of sp³-hybridized carbons (Fsp3) is 0.962. The zero-order chi connectivity index (χ0) is 40.4. The number of nitrogens with zero attached hydrogens (tertiary/aromatic N) is 3. The third-order valence-corrected chi connectivity index (χ3v) is 17.7. The van der Waals surface area contributed by atoms with Crippen molar-refractivity contribution in [1.29, 1.82) is 0 Å². The van der Waals surface area contributed by atoms with Gasteiger partial charge in [0.05, 0.1) is 0 Å². The molecule has 0 aromatic heterocycles. The molecule has 328 valence electrons. The summed E-state index contributed by atoms with van der Waals surface area (Å²) in [5, 5.41) is 3.81. The molecule has 4 aliphatic rings. The van der Waals surface area contributed by atoms with Gasteiger partial charge in [-0.05, 0) is 202 Å². The predicted molar refractivity (Wildman–Crippen MR) is 247 cm³/mol. The molecule has 4 nitrogen and oxygen atoms in total. The predicted octanol–water partition coefficient (Wildman–Crippen LogP) is 13.6. The van der Waals surface area contributed by atoms with E-state index in [9.17, 15) is 0 Å². The van der Waals surface area contributed by atoms with Gasteiger partial charge in [0.25, 0.3) is 0 Å². The second kappa shape index (κ2) is 24.6. The van der Waals surface area contributed by atoms with Gasteiger partial charge < -0.3 is 20.0 Å². The van der Waals surface area contributed by atoms with Crippen molar-refractivity contribution in [2.24, 2.45) is 45.8 Å². The van der Waals surface area contributed by atoms with Gasteiger partial charge in [-0.1, -0.05) is 119 Å². The van der Waals surface area contributed by atoms with Crippen LogP contribution in [0.5, 0.6) is 0 Å². The van der Waals surface area contributed by atoms with Crippen LogP contribution in [0.3, 0.4) is 0 Å². The first-order chi connectivity index (χ1) is 27.0. The lowest BCUT2D eigenvalue weighted by Gasteiger charge is -2.65. The maximum absolute atomic E-state index is 4.56. The van der Waals surface area contributed by atoms with E-state index < -0.39 is 0 Å². The Kier molecular flexibility index (Phi) is 21.1. The molecule has 0 aromatic rings. The average molecular weight is 781 g/mol. The van der Waals surface area contributed by atoms with Crippen molar-refractivity contribution in [2.45, 2.75) is 208 Å². The number of hydrogen-bond acceptors (Lipinski definition) is 4. The topological polar surface area (TPSA) is 21.8 Å². The molecule has 0 saturated heterocycles. The SMILES string of the molecule is C=C(CC[C@@H](C)C1CCC2C3CCC4(C)CCCCC4(C)C3CCC21C)NCCCN(CCCCCCCCCCCC)CCCCN(C)CCCN(C)CC. The van der Waals surface area contributed by atoms with E-state index in [1.165, 1.54) is 205 Å². The van der Waals surface area contributed by atoms with E-state index >= 15 is 0 Å². The van der Waals surface area contributed by atoms with Crippen molar-refractivity contribution in [1.82, 2.24) is 20.0 Å². The molecule has 4 heteroatoms. The minimum absolute atomic E-state index is 0.576. The Morgan fingerprint density at radius 3 is 1.96 bits per heavy atom. The monoisotopic (exact) mass is 781 g/mol. The Morgan fingerprint density at radius 1 is 0.643 bits per heavy atom. The number of rotatable bonds is 30. The molecule has 0 heterocycles. The van der Waals surface area contributed by atoms with E-state index in [0.717, 1.165) is 49.1 Å². The zero-order valence-electron chi connectivity index (χ0n) is 39.5. The van der Waals surface area contributed by atoms with Crippen LogP contribution in [-0.4, -0.2) is 81.2 Å². The highest BCUT2D eigenvalue weighted by atomic mass is 15.1. The van der Waals surface area contributed by atoms with Gasteiger partial charge in [-0.15, -0.1) is 0 Å². The van der Waals surface area contributed by atoms with Crippen LogP contribution in [0.1, 0.15) is 208 Å². The molecule has 8 atom stereocenters. The Bertz CT molecular complexity index is 1080. The maximum Gasteiger partial charge on any atom is 0.0155 e. The first-order valence-electron chi connectivity index (χ1n) is 25.5. The summed E-state index contributed by atoms with van der Waals surface area (Å²) in [6.45, 7) is 29.7. The molecule has 0 amide bonds. The number of unbranched alkanes of at least 4 members (excludes halogenated alkanes) is 10. The van der Waals surface area contributed by atoms with Gasteiger partial charge in [-0.2, -0.15) is 0 Å². The molecule has 56 heavy (non-hydrogen) atoms. The normalized spacial score (nSPS) is 30.8. The molecule has 1 N–H and O–H groups in total. The van der Waals surface area contributed by atoms with Crippen LogP contribution in [0.4, 0.5) is 0 Å². The molecule has 0 radical (unpaired) electrons. The second-order valence-electron chi connectivity index (χ2n) is 21.5. The highest BCUT2D eigenvalue weighted by Crippen LogP contribution is 2.71. The Hall–Kier alpha value is -0.580. The van der Waals surface area contributed by atoms with Crippen molar-refractivity contribution in [3.8, 4) is 0 Å². The van der Waals surface area contributed by atoms with Crippen molar-refractivity contribution in [2.75, 3.05) is 66.5 Å². The van der Waals surface area contributed by atoms with Crippen LogP contribution in [0, 0.1) is 45.8 Å². The van der Waals surface area contributed by atoms with Gasteiger partial charge in [0.1, 0.15) is 0 Å². The summed E-state index contributed by atoms with van der Waals surface area (Å²) in [7, 11) is 4.56. The third-order valence-electron chi connectivity index (χ3n) is 17.7. The Balaban J connectivity index is 1.14. The molecule has 0 bridgehead atoms. The van der Waals surface area contributed by atoms with Crippen LogP contribution in [-0.2, 0) is 0 Å². The third kappa shape index (κ3) is 13.7. The summed E-state index contributed by atoms with van der Waals surface area (Å²) in [6, 6.07) is 0. The summed E-state index contributed by atoms with van der Waals surface area (Å²) < 4.78 is 0. The molecule has 7 unspecified atom stereocenters. The van der Waals surface area contributed by atoms with E-state index in [-0.39, 0.29) is 0 Å². The number of fused-ring (bicyclic) bond motifs is 5. The summed E-state index contributed by atoms with van der Waals surface area (Å²) in [5.41, 5.74) is 3.10. The summed E-state index contributed by atoms with van der Waals surface area (Å²) in [4.78, 5) is 7.80. The molecule has 4 aliphatic carbocycles. The lowest BCUT2D eigenvalue weighted by Crippen LogP contribution is -2.56. The molecular weight excluding hydrogens is 681 g/mol. The number of hydrogen-bond donors (Lipinski definition) is 1. The first-order valence-corrected chi connectivity index (χ1v) is 25.5. The maximum atomic E-state index is 4.56. The summed E-state index contributed by atoms with van der Waals surface area (Å²) in [6.07, 6.45) is 36.9. The minimum atomic E-state index is 0.576. The zero-order valence-corrected chi connectivity index (χ0v) is 39.5. The smallest absolute Gasteiger partial charge is 0.0155 e. The van der Waals surface area contributed by atoms with Crippen molar-refractivity contribution in [3.63, 3.8) is 0 Å². The van der Waals surface area contributed by atoms with Gasteiger partial charge in [-0.3, -0.25) is 0 Å². The molecule has 0 aliphatic heterocycles. The van der Waals surface area contributed by atoms with Gasteiger partial charge in [0.2, 0.25) is 0 Å². The lowest BCUT2D eigenvalue weighted by atomic mass is 9.40. The van der Waals surface area contributed by atoms with Crippen LogP contribution in [0.2, 0.25) is 0 Å². The van der Waals surface area contributed by atoms with Gasteiger partial charge >= 0.3 is 0 Å². The second-order valence-corrected chi connectivity index (χ2v) is 21.5. The van der Waals surface area contributed by atoms with Gasteiger partial charge in [-0.25, -0.2) is 0 Å². The van der Waals surface area contributed by atoms with Crippen molar-refractivity contribution < 1.29 is 0 Å². The summed E-state index contributed by atoms with van der Waals surface area (Å²) in [5.74, 6) is 4.72. The van der Waals surface area contributed by atoms with Crippen LogP contribution in [0.15, 0.2) is 12.3 Å². The van der Waals surface area contributed by atoms with E-state index in [1.54, 1.807) is 0 Å². The summed E-state index contributed by atoms with van der Waals surface area (Å²) >= 11 is 0. The average Bonchev–Trinajstić information content (AvgIpc) is 3.54. The van der Waals surface area contributed by atoms with Crippen molar-refractivity contribution in [3.05, 3.63) is 12.3 Å². The molecule has 4 saturated carbocycles. The fourth-order valence-corrected chi connectivity index (χ4v) is 13.6. The van der Waals surface area contributed by atoms with Crippen LogP contribution < -0.4 is 5.32 Å². The largest absolute Gasteiger partial charge is 0.389 e. The fourth-order valence-electron chi connectivity index (χ4n) is 13.6. The van der Waals surface area contributed by atoms with Gasteiger partial charge in [0, 0.05) is 12.2 Å². The molecule has 4 rings (SSSR count). The Labute approximate surface area is 351 Å². The number of nitrogens with one attached hydrogen (secondary N) is 1. The number of allylic oxidation sites excluding steroid dienone is 1. The molecular formula is C52H100N4. The quantitative estimate of drug-likeness (QED) is 0.0733. The Morgan fingerprint density at radius 2 is 1.25 bits per heavy atom. The van der Waals surface area contributed by atoms with E-state index in [1.807, 2.05) is 0 Å². The molecule has 0 spiro atoms. The minimum Gasteiger partial charge on any atom is -0.389 e. The van der Waals surface area contributed by atoms with E-state index in [4.69, 9.17) is 0 Å². The highest BCUT2D eigenvalue weighted by molar-refractivity contribution is 5.12.